The number of benzene rings is 1. The third-order valence-electron chi connectivity index (χ3n) is 5.63. The Kier molecular flexibility index (Phi) is 6.12. The molecule has 1 saturated heterocycles. The molecule has 0 unspecified atom stereocenters. The van der Waals surface area contributed by atoms with Crippen LogP contribution in [-0.2, 0) is 0 Å². The molecule has 1 amide bonds. The molecule has 140 valence electrons. The number of para-hydroxylation sites is 1. The highest BCUT2D eigenvalue weighted by atomic mass is 16.1. The van der Waals surface area contributed by atoms with Gasteiger partial charge in [0.05, 0.1) is 11.1 Å². The molecule has 26 heavy (non-hydrogen) atoms. The predicted octanol–water partition coefficient (Wildman–Crippen LogP) is 4.64. The van der Waals surface area contributed by atoms with Crippen molar-refractivity contribution in [1.82, 2.24) is 10.3 Å². The number of carbonyl (C=O) groups is 1. The van der Waals surface area contributed by atoms with E-state index in [1.54, 1.807) is 0 Å². The fraction of sp³-hybridized carbons (Fsp3) is 0.545. The minimum atomic E-state index is 0.0156. The number of rotatable bonds is 6. The Morgan fingerprint density at radius 2 is 2.08 bits per heavy atom. The maximum atomic E-state index is 12.9. The number of hydrogen-bond donors (Lipinski definition) is 1. The predicted molar refractivity (Wildman–Crippen MR) is 109 cm³/mol. The number of aromatic nitrogens is 1. The third-order valence-corrected chi connectivity index (χ3v) is 5.63. The van der Waals surface area contributed by atoms with Gasteiger partial charge in [-0.05, 0) is 36.8 Å². The van der Waals surface area contributed by atoms with Crippen molar-refractivity contribution in [3.63, 3.8) is 0 Å². The summed E-state index contributed by atoms with van der Waals surface area (Å²) < 4.78 is 0. The Morgan fingerprint density at radius 3 is 2.81 bits per heavy atom. The topological polar surface area (TPSA) is 45.2 Å². The van der Waals surface area contributed by atoms with E-state index in [1.165, 1.54) is 12.8 Å². The molecule has 0 saturated carbocycles. The minimum Gasteiger partial charge on any atom is -0.356 e. The molecule has 1 aromatic carbocycles. The molecule has 1 aliphatic heterocycles. The number of piperidine rings is 1. The molecule has 1 aromatic heterocycles. The first kappa shape index (κ1) is 18.7. The molecule has 1 fully saturated rings. The van der Waals surface area contributed by atoms with Gasteiger partial charge in [0, 0.05) is 25.0 Å². The Labute approximate surface area is 157 Å². The van der Waals surface area contributed by atoms with Gasteiger partial charge < -0.3 is 10.2 Å². The van der Waals surface area contributed by atoms with Crippen LogP contribution in [-0.4, -0.2) is 30.5 Å². The van der Waals surface area contributed by atoms with Crippen molar-refractivity contribution in [2.24, 2.45) is 11.8 Å². The fourth-order valence-corrected chi connectivity index (χ4v) is 3.82. The lowest BCUT2D eigenvalue weighted by Gasteiger charge is -2.32. The first-order chi connectivity index (χ1) is 12.6. The number of nitrogens with one attached hydrogen (secondary N) is 1. The molecule has 0 radical (unpaired) electrons. The van der Waals surface area contributed by atoms with Gasteiger partial charge in [0.15, 0.2) is 0 Å². The van der Waals surface area contributed by atoms with Gasteiger partial charge in [-0.2, -0.15) is 0 Å². The summed E-state index contributed by atoms with van der Waals surface area (Å²) in [6.07, 6.45) is 4.63. The van der Waals surface area contributed by atoms with Crippen molar-refractivity contribution < 1.29 is 4.79 Å². The molecule has 1 N–H and O–H groups in total. The van der Waals surface area contributed by atoms with E-state index in [4.69, 9.17) is 4.98 Å². The zero-order chi connectivity index (χ0) is 18.5. The first-order valence-corrected chi connectivity index (χ1v) is 10.0. The maximum absolute atomic E-state index is 12.9. The van der Waals surface area contributed by atoms with E-state index in [2.05, 4.69) is 31.0 Å². The van der Waals surface area contributed by atoms with Crippen LogP contribution in [0.3, 0.4) is 0 Å². The van der Waals surface area contributed by atoms with Crippen molar-refractivity contribution in [1.29, 1.82) is 0 Å². The average molecular weight is 354 g/mol. The van der Waals surface area contributed by atoms with E-state index >= 15 is 0 Å². The largest absolute Gasteiger partial charge is 0.356 e. The van der Waals surface area contributed by atoms with E-state index in [0.717, 1.165) is 54.8 Å². The van der Waals surface area contributed by atoms with Crippen molar-refractivity contribution in [3.05, 3.63) is 35.9 Å². The fourth-order valence-electron chi connectivity index (χ4n) is 3.82. The summed E-state index contributed by atoms with van der Waals surface area (Å²) >= 11 is 0. The van der Waals surface area contributed by atoms with E-state index in [9.17, 15) is 4.79 Å². The highest BCUT2D eigenvalue weighted by Crippen LogP contribution is 2.26. The molecule has 0 bridgehead atoms. The molecule has 2 heterocycles. The molecule has 1 aliphatic rings. The van der Waals surface area contributed by atoms with Crippen molar-refractivity contribution >= 4 is 22.6 Å². The monoisotopic (exact) mass is 353 g/mol. The van der Waals surface area contributed by atoms with E-state index in [-0.39, 0.29) is 5.91 Å². The standard InChI is InChI=1S/C22H31N3O/c1-4-17(5-2)14-23-22(26)19-13-21(25-12-8-9-16(3)15-25)24-20-11-7-6-10-18(19)20/h6-7,10-11,13,16-17H,4-5,8-9,12,14-15H2,1-3H3,(H,23,26)/t16-/m1/s1. The summed E-state index contributed by atoms with van der Waals surface area (Å²) in [5, 5.41) is 4.08. The normalized spacial score (nSPS) is 17.7. The van der Waals surface area contributed by atoms with Crippen molar-refractivity contribution in [2.75, 3.05) is 24.5 Å². The number of carbonyl (C=O) groups excluding carboxylic acids is 1. The van der Waals surface area contributed by atoms with Gasteiger partial charge in [-0.15, -0.1) is 0 Å². The van der Waals surface area contributed by atoms with Crippen molar-refractivity contribution in [2.45, 2.75) is 46.5 Å². The lowest BCUT2D eigenvalue weighted by atomic mass is 10.00. The molecule has 1 atom stereocenters. The van der Waals surface area contributed by atoms with E-state index in [1.807, 2.05) is 30.3 Å². The Morgan fingerprint density at radius 1 is 1.31 bits per heavy atom. The van der Waals surface area contributed by atoms with Gasteiger partial charge in [-0.3, -0.25) is 4.79 Å². The summed E-state index contributed by atoms with van der Waals surface area (Å²) in [5.41, 5.74) is 1.64. The van der Waals surface area contributed by atoms with Crippen LogP contribution in [0.4, 0.5) is 5.82 Å². The second-order valence-corrected chi connectivity index (χ2v) is 7.63. The summed E-state index contributed by atoms with van der Waals surface area (Å²) in [6, 6.07) is 9.96. The Hall–Kier alpha value is -2.10. The molecule has 0 spiro atoms. The molecule has 3 rings (SSSR count). The van der Waals surface area contributed by atoms with Crippen LogP contribution in [0.1, 0.15) is 56.8 Å². The van der Waals surface area contributed by atoms with E-state index < -0.39 is 0 Å². The van der Waals surface area contributed by atoms with Crippen LogP contribution < -0.4 is 10.2 Å². The van der Waals surface area contributed by atoms with Crippen LogP contribution in [0.15, 0.2) is 30.3 Å². The number of anilines is 1. The van der Waals surface area contributed by atoms with Gasteiger partial charge in [0.25, 0.3) is 5.91 Å². The van der Waals surface area contributed by atoms with Crippen LogP contribution in [0.5, 0.6) is 0 Å². The summed E-state index contributed by atoms with van der Waals surface area (Å²) in [5.74, 6) is 2.16. The molecule has 2 aromatic rings. The number of amides is 1. The summed E-state index contributed by atoms with van der Waals surface area (Å²) in [7, 11) is 0. The highest BCUT2D eigenvalue weighted by molar-refractivity contribution is 6.07. The quantitative estimate of drug-likeness (QED) is 0.823. The second kappa shape index (κ2) is 8.52. The molecular formula is C22H31N3O. The average Bonchev–Trinajstić information content (AvgIpc) is 2.67. The number of hydrogen-bond acceptors (Lipinski definition) is 3. The zero-order valence-corrected chi connectivity index (χ0v) is 16.3. The van der Waals surface area contributed by atoms with Crippen LogP contribution in [0.2, 0.25) is 0 Å². The van der Waals surface area contributed by atoms with Gasteiger partial charge in [0.2, 0.25) is 0 Å². The van der Waals surface area contributed by atoms with Gasteiger partial charge >= 0.3 is 0 Å². The van der Waals surface area contributed by atoms with Gasteiger partial charge in [0.1, 0.15) is 5.82 Å². The Balaban J connectivity index is 1.91. The molecular weight excluding hydrogens is 322 g/mol. The van der Waals surface area contributed by atoms with E-state index in [0.29, 0.717) is 11.8 Å². The number of pyridine rings is 1. The second-order valence-electron chi connectivity index (χ2n) is 7.63. The van der Waals surface area contributed by atoms with Gasteiger partial charge in [-0.25, -0.2) is 4.98 Å². The maximum Gasteiger partial charge on any atom is 0.252 e. The highest BCUT2D eigenvalue weighted by Gasteiger charge is 2.21. The lowest BCUT2D eigenvalue weighted by molar-refractivity contribution is 0.0948. The first-order valence-electron chi connectivity index (χ1n) is 10.0. The Bertz CT molecular complexity index is 754. The molecule has 0 aliphatic carbocycles. The zero-order valence-electron chi connectivity index (χ0n) is 16.3. The molecule has 4 nitrogen and oxygen atoms in total. The van der Waals surface area contributed by atoms with Crippen LogP contribution in [0.25, 0.3) is 10.9 Å². The van der Waals surface area contributed by atoms with Crippen LogP contribution >= 0.6 is 0 Å². The third kappa shape index (κ3) is 4.17. The van der Waals surface area contributed by atoms with Crippen molar-refractivity contribution in [3.8, 4) is 0 Å². The summed E-state index contributed by atoms with van der Waals surface area (Å²) in [4.78, 5) is 20.1. The smallest absolute Gasteiger partial charge is 0.252 e. The molecule has 4 heteroatoms. The van der Waals surface area contributed by atoms with Gasteiger partial charge in [-0.1, -0.05) is 51.8 Å². The summed E-state index contributed by atoms with van der Waals surface area (Å²) in [6.45, 7) is 9.41. The minimum absolute atomic E-state index is 0.0156. The van der Waals surface area contributed by atoms with Crippen LogP contribution in [0, 0.1) is 11.8 Å². The number of nitrogens with zero attached hydrogens (tertiary/aromatic N) is 2. The lowest BCUT2D eigenvalue weighted by Crippen LogP contribution is -2.35. The SMILES string of the molecule is CCC(CC)CNC(=O)c1cc(N2CCC[C@@H](C)C2)nc2ccccc12. The number of fused-ring (bicyclic) bond motifs is 1.